The number of carbonyl (C=O) groups excluding carboxylic acids is 1. The molecule has 4 nitrogen and oxygen atoms in total. The summed E-state index contributed by atoms with van der Waals surface area (Å²) in [6, 6.07) is 8.38. The number of nitrogens with zero attached hydrogens (tertiary/aromatic N) is 2. The van der Waals surface area contributed by atoms with E-state index in [-0.39, 0.29) is 5.97 Å². The first kappa shape index (κ1) is 15.0. The number of esters is 1. The van der Waals surface area contributed by atoms with Crippen molar-refractivity contribution < 1.29 is 9.53 Å². The zero-order chi connectivity index (χ0) is 14.5. The van der Waals surface area contributed by atoms with E-state index in [1.54, 1.807) is 0 Å². The topological polar surface area (TPSA) is 32.8 Å². The van der Waals surface area contributed by atoms with Gasteiger partial charge in [-0.25, -0.2) is 4.79 Å². The summed E-state index contributed by atoms with van der Waals surface area (Å²) in [6.45, 7) is 3.23. The fourth-order valence-electron chi connectivity index (χ4n) is 2.83. The van der Waals surface area contributed by atoms with E-state index in [4.69, 9.17) is 4.74 Å². The molecular formula is C16H24N2O2. The summed E-state index contributed by atoms with van der Waals surface area (Å²) in [6.07, 6.45) is 2.55. The van der Waals surface area contributed by atoms with Gasteiger partial charge in [0.05, 0.1) is 12.7 Å². The van der Waals surface area contributed by atoms with Crippen LogP contribution < -0.4 is 0 Å². The van der Waals surface area contributed by atoms with Crippen LogP contribution in [0, 0.1) is 0 Å². The summed E-state index contributed by atoms with van der Waals surface area (Å²) in [4.78, 5) is 16.2. The number of rotatable bonds is 5. The molecule has 0 radical (unpaired) electrons. The molecular weight excluding hydrogens is 252 g/mol. The Kier molecular flexibility index (Phi) is 5.15. The molecule has 0 aliphatic carbocycles. The maximum Gasteiger partial charge on any atom is 0.337 e. The fraction of sp³-hybridized carbons (Fsp3) is 0.562. The Balaban J connectivity index is 1.97. The zero-order valence-electron chi connectivity index (χ0n) is 12.6. The SMILES string of the molecule is COC(=O)c1ccc(CN2CCCC2CN(C)C)cc1. The van der Waals surface area contributed by atoms with Crippen molar-refractivity contribution in [2.75, 3.05) is 34.3 Å². The van der Waals surface area contributed by atoms with E-state index in [0.29, 0.717) is 11.6 Å². The van der Waals surface area contributed by atoms with Gasteiger partial charge in [-0.15, -0.1) is 0 Å². The predicted octanol–water partition coefficient (Wildman–Crippen LogP) is 2.00. The molecule has 0 amide bonds. The molecule has 110 valence electrons. The number of methoxy groups -OCH3 is 1. The van der Waals surface area contributed by atoms with Gasteiger partial charge in [0.25, 0.3) is 0 Å². The molecule has 1 fully saturated rings. The molecule has 1 heterocycles. The Bertz CT molecular complexity index is 442. The van der Waals surface area contributed by atoms with Crippen LogP contribution in [0.3, 0.4) is 0 Å². The Labute approximate surface area is 121 Å². The van der Waals surface area contributed by atoms with Crippen molar-refractivity contribution in [3.8, 4) is 0 Å². The van der Waals surface area contributed by atoms with E-state index >= 15 is 0 Å². The highest BCUT2D eigenvalue weighted by molar-refractivity contribution is 5.89. The summed E-state index contributed by atoms with van der Waals surface area (Å²) in [5, 5.41) is 0. The van der Waals surface area contributed by atoms with E-state index in [1.165, 1.54) is 25.5 Å². The van der Waals surface area contributed by atoms with Crippen LogP contribution >= 0.6 is 0 Å². The molecule has 1 aromatic carbocycles. The molecule has 1 aromatic rings. The van der Waals surface area contributed by atoms with Crippen LogP contribution in [0.1, 0.15) is 28.8 Å². The molecule has 0 saturated carbocycles. The molecule has 0 N–H and O–H groups in total. The summed E-state index contributed by atoms with van der Waals surface area (Å²) in [5.74, 6) is -0.275. The molecule has 2 rings (SSSR count). The van der Waals surface area contributed by atoms with Crippen molar-refractivity contribution in [3.05, 3.63) is 35.4 Å². The first-order valence-electron chi connectivity index (χ1n) is 7.16. The third-order valence-electron chi connectivity index (χ3n) is 3.84. The molecule has 1 aliphatic heterocycles. The first-order valence-corrected chi connectivity index (χ1v) is 7.16. The van der Waals surface area contributed by atoms with Gasteiger partial charge < -0.3 is 9.64 Å². The number of likely N-dealkylation sites (tertiary alicyclic amines) is 1. The fourth-order valence-corrected chi connectivity index (χ4v) is 2.83. The minimum absolute atomic E-state index is 0.275. The Hall–Kier alpha value is -1.39. The van der Waals surface area contributed by atoms with Gasteiger partial charge in [-0.3, -0.25) is 4.90 Å². The zero-order valence-corrected chi connectivity index (χ0v) is 12.6. The molecule has 1 aliphatic rings. The molecule has 1 atom stereocenters. The average Bonchev–Trinajstić information content (AvgIpc) is 2.85. The van der Waals surface area contributed by atoms with Gasteiger partial charge in [-0.2, -0.15) is 0 Å². The minimum atomic E-state index is -0.275. The smallest absolute Gasteiger partial charge is 0.337 e. The minimum Gasteiger partial charge on any atom is -0.465 e. The van der Waals surface area contributed by atoms with E-state index in [9.17, 15) is 4.79 Å². The van der Waals surface area contributed by atoms with Crippen LogP contribution in [0.4, 0.5) is 0 Å². The van der Waals surface area contributed by atoms with Gasteiger partial charge >= 0.3 is 5.97 Å². The molecule has 0 spiro atoms. The van der Waals surface area contributed by atoms with E-state index < -0.39 is 0 Å². The highest BCUT2D eigenvalue weighted by atomic mass is 16.5. The van der Waals surface area contributed by atoms with E-state index in [2.05, 4.69) is 23.9 Å². The second-order valence-electron chi connectivity index (χ2n) is 5.72. The van der Waals surface area contributed by atoms with E-state index in [0.717, 1.165) is 19.6 Å². The lowest BCUT2D eigenvalue weighted by Gasteiger charge is -2.27. The van der Waals surface area contributed by atoms with Gasteiger partial charge in [-0.05, 0) is 51.2 Å². The Morgan fingerprint density at radius 1 is 1.35 bits per heavy atom. The van der Waals surface area contributed by atoms with Crippen molar-refractivity contribution in [1.29, 1.82) is 0 Å². The van der Waals surface area contributed by atoms with Crippen LogP contribution in [0.5, 0.6) is 0 Å². The second kappa shape index (κ2) is 6.86. The van der Waals surface area contributed by atoms with Crippen molar-refractivity contribution in [2.45, 2.75) is 25.4 Å². The summed E-state index contributed by atoms with van der Waals surface area (Å²) in [7, 11) is 5.66. The standard InChI is InChI=1S/C16H24N2O2/c1-17(2)12-15-5-4-10-18(15)11-13-6-8-14(9-7-13)16(19)20-3/h6-9,15H,4-5,10-12H2,1-3H3. The van der Waals surface area contributed by atoms with Crippen LogP contribution in [0.2, 0.25) is 0 Å². The number of carbonyl (C=O) groups is 1. The number of benzene rings is 1. The van der Waals surface area contributed by atoms with Gasteiger partial charge in [-0.1, -0.05) is 12.1 Å². The largest absolute Gasteiger partial charge is 0.465 e. The van der Waals surface area contributed by atoms with Crippen LogP contribution in [0.15, 0.2) is 24.3 Å². The summed E-state index contributed by atoms with van der Waals surface area (Å²) < 4.78 is 4.72. The van der Waals surface area contributed by atoms with Crippen LogP contribution in [0.25, 0.3) is 0 Å². The van der Waals surface area contributed by atoms with Gasteiger partial charge in [0.15, 0.2) is 0 Å². The summed E-state index contributed by atoms with van der Waals surface area (Å²) >= 11 is 0. The summed E-state index contributed by atoms with van der Waals surface area (Å²) in [5.41, 5.74) is 1.87. The Morgan fingerprint density at radius 3 is 2.65 bits per heavy atom. The number of ether oxygens (including phenoxy) is 1. The van der Waals surface area contributed by atoms with E-state index in [1.807, 2.05) is 24.3 Å². The van der Waals surface area contributed by atoms with Crippen molar-refractivity contribution >= 4 is 5.97 Å². The van der Waals surface area contributed by atoms with Gasteiger partial charge in [0.1, 0.15) is 0 Å². The number of hydrogen-bond acceptors (Lipinski definition) is 4. The lowest BCUT2D eigenvalue weighted by Crippen LogP contribution is -2.37. The number of likely N-dealkylation sites (N-methyl/N-ethyl adjacent to an activating group) is 1. The maximum atomic E-state index is 11.4. The normalized spacial score (nSPS) is 19.5. The highest BCUT2D eigenvalue weighted by Gasteiger charge is 2.24. The average molecular weight is 276 g/mol. The maximum absolute atomic E-state index is 11.4. The molecule has 1 unspecified atom stereocenters. The third kappa shape index (κ3) is 3.81. The molecule has 20 heavy (non-hydrogen) atoms. The predicted molar refractivity (Wildman–Crippen MR) is 79.8 cm³/mol. The first-order chi connectivity index (χ1) is 9.60. The Morgan fingerprint density at radius 2 is 2.05 bits per heavy atom. The number of hydrogen-bond donors (Lipinski definition) is 0. The monoisotopic (exact) mass is 276 g/mol. The highest BCUT2D eigenvalue weighted by Crippen LogP contribution is 2.20. The van der Waals surface area contributed by atoms with Crippen LogP contribution in [-0.2, 0) is 11.3 Å². The second-order valence-corrected chi connectivity index (χ2v) is 5.72. The molecule has 1 saturated heterocycles. The van der Waals surface area contributed by atoms with Crippen molar-refractivity contribution in [2.24, 2.45) is 0 Å². The van der Waals surface area contributed by atoms with Gasteiger partial charge in [0.2, 0.25) is 0 Å². The molecule has 0 bridgehead atoms. The van der Waals surface area contributed by atoms with Crippen molar-refractivity contribution in [3.63, 3.8) is 0 Å². The third-order valence-corrected chi connectivity index (χ3v) is 3.84. The van der Waals surface area contributed by atoms with Crippen LogP contribution in [-0.4, -0.2) is 56.1 Å². The van der Waals surface area contributed by atoms with Crippen molar-refractivity contribution in [1.82, 2.24) is 9.80 Å². The molecule has 4 heteroatoms. The lowest BCUT2D eigenvalue weighted by atomic mass is 10.1. The quantitative estimate of drug-likeness (QED) is 0.770. The lowest BCUT2D eigenvalue weighted by molar-refractivity contribution is 0.0600. The molecule has 0 aromatic heterocycles. The van der Waals surface area contributed by atoms with Gasteiger partial charge in [0, 0.05) is 19.1 Å².